The maximum Gasteiger partial charge on any atom is 0.325 e. The number of rotatable bonds is 8. The number of carbonyl (C=O) groups is 4. The van der Waals surface area contributed by atoms with E-state index in [0.717, 1.165) is 16.2 Å². The fourth-order valence-electron chi connectivity index (χ4n) is 5.03. The average Bonchev–Trinajstić information content (AvgIpc) is 3.24. The first-order valence-corrected chi connectivity index (χ1v) is 10.7. The Hall–Kier alpha value is -3.72. The van der Waals surface area contributed by atoms with Gasteiger partial charge in [0, 0.05) is 24.8 Å². The number of nitrogens with zero attached hydrogens (tertiary/aromatic N) is 1. The molecule has 4 N–H and O–H groups in total. The summed E-state index contributed by atoms with van der Waals surface area (Å²) in [6, 6.07) is 15.6. The lowest BCUT2D eigenvalue weighted by Crippen LogP contribution is -2.57. The standard InChI is InChI=1S/C24H25N3O6/c1-14-7-5-6-10-16(14)20-18-19(24(26-20,23(32)33)13-17(28)29)22(31)27(21(18)30)12-11-25-15-8-3-2-4-9-15/h2-10,18-20,25-26H,11-13H2,1H3,(H,28,29)(H,32,33). The Kier molecular flexibility index (Phi) is 5.90. The molecule has 0 spiro atoms. The number of anilines is 1. The summed E-state index contributed by atoms with van der Waals surface area (Å²) in [6.07, 6.45) is -0.818. The Labute approximate surface area is 190 Å². The molecule has 2 fully saturated rings. The van der Waals surface area contributed by atoms with Gasteiger partial charge in [0.2, 0.25) is 11.8 Å². The summed E-state index contributed by atoms with van der Waals surface area (Å²) in [6.45, 7) is 2.15. The SMILES string of the molecule is Cc1ccccc1C1NC(CC(=O)O)(C(=O)O)C2C(=O)N(CCNc3ccccc3)C(=O)C12. The maximum atomic E-state index is 13.4. The summed E-state index contributed by atoms with van der Waals surface area (Å²) in [5.41, 5.74) is 0.223. The van der Waals surface area contributed by atoms with Crippen LogP contribution in [0.15, 0.2) is 54.6 Å². The number of carboxylic acid groups (broad SMARTS) is 2. The number of carboxylic acids is 2. The highest BCUT2D eigenvalue weighted by molar-refractivity contribution is 6.10. The van der Waals surface area contributed by atoms with Crippen LogP contribution in [0.2, 0.25) is 0 Å². The van der Waals surface area contributed by atoms with Gasteiger partial charge >= 0.3 is 11.9 Å². The summed E-state index contributed by atoms with van der Waals surface area (Å²) < 4.78 is 0. The van der Waals surface area contributed by atoms with E-state index in [0.29, 0.717) is 5.56 Å². The van der Waals surface area contributed by atoms with Crippen LogP contribution in [0, 0.1) is 18.8 Å². The third-order valence-electron chi connectivity index (χ3n) is 6.52. The number of para-hydroxylation sites is 1. The summed E-state index contributed by atoms with van der Waals surface area (Å²) in [7, 11) is 0. The highest BCUT2D eigenvalue weighted by Gasteiger charge is 2.69. The smallest absolute Gasteiger partial charge is 0.325 e. The van der Waals surface area contributed by atoms with Gasteiger partial charge in [-0.25, -0.2) is 0 Å². The van der Waals surface area contributed by atoms with Crippen LogP contribution in [0.5, 0.6) is 0 Å². The zero-order valence-corrected chi connectivity index (χ0v) is 18.0. The van der Waals surface area contributed by atoms with Crippen molar-refractivity contribution >= 4 is 29.4 Å². The number of fused-ring (bicyclic) bond motifs is 1. The number of hydrogen-bond acceptors (Lipinski definition) is 6. The Bertz CT molecular complexity index is 1100. The molecule has 2 aliphatic heterocycles. The van der Waals surface area contributed by atoms with Gasteiger partial charge in [0.05, 0.1) is 18.3 Å². The van der Waals surface area contributed by atoms with Gasteiger partial charge in [0.15, 0.2) is 0 Å². The van der Waals surface area contributed by atoms with E-state index >= 15 is 0 Å². The fourth-order valence-corrected chi connectivity index (χ4v) is 5.03. The second kappa shape index (κ2) is 8.67. The molecule has 9 nitrogen and oxygen atoms in total. The van der Waals surface area contributed by atoms with Gasteiger partial charge in [0.25, 0.3) is 0 Å². The molecule has 2 aromatic carbocycles. The molecule has 172 valence electrons. The molecule has 2 saturated heterocycles. The molecule has 0 aromatic heterocycles. The lowest BCUT2D eigenvalue weighted by molar-refractivity contribution is -0.155. The zero-order chi connectivity index (χ0) is 23.8. The van der Waals surface area contributed by atoms with Gasteiger partial charge < -0.3 is 15.5 Å². The first-order chi connectivity index (χ1) is 15.8. The van der Waals surface area contributed by atoms with Crippen molar-refractivity contribution in [3.63, 3.8) is 0 Å². The lowest BCUT2D eigenvalue weighted by Gasteiger charge is -2.30. The van der Waals surface area contributed by atoms with Gasteiger partial charge in [-0.05, 0) is 30.2 Å². The molecule has 4 unspecified atom stereocenters. The maximum absolute atomic E-state index is 13.4. The molecule has 0 aliphatic carbocycles. The fraction of sp³-hybridized carbons (Fsp3) is 0.333. The number of amides is 2. The number of benzene rings is 2. The minimum absolute atomic E-state index is 0.0445. The van der Waals surface area contributed by atoms with Crippen molar-refractivity contribution in [3.05, 3.63) is 65.7 Å². The van der Waals surface area contributed by atoms with Crippen LogP contribution in [0.3, 0.4) is 0 Å². The predicted molar refractivity (Wildman–Crippen MR) is 118 cm³/mol. The highest BCUT2D eigenvalue weighted by atomic mass is 16.4. The molecule has 2 aliphatic rings. The summed E-state index contributed by atoms with van der Waals surface area (Å²) in [4.78, 5) is 51.9. The van der Waals surface area contributed by atoms with Crippen LogP contribution in [0.4, 0.5) is 5.69 Å². The first kappa shape index (κ1) is 22.5. The molecule has 33 heavy (non-hydrogen) atoms. The molecule has 4 atom stereocenters. The first-order valence-electron chi connectivity index (χ1n) is 10.7. The van der Waals surface area contributed by atoms with E-state index in [1.807, 2.05) is 49.4 Å². The molecule has 2 amide bonds. The largest absolute Gasteiger partial charge is 0.481 e. The third-order valence-corrected chi connectivity index (χ3v) is 6.52. The minimum Gasteiger partial charge on any atom is -0.481 e. The molecule has 4 rings (SSSR count). The van der Waals surface area contributed by atoms with Crippen LogP contribution in [-0.4, -0.2) is 57.5 Å². The van der Waals surface area contributed by atoms with Crippen LogP contribution < -0.4 is 10.6 Å². The van der Waals surface area contributed by atoms with E-state index in [1.54, 1.807) is 12.1 Å². The molecule has 2 heterocycles. The molecule has 9 heteroatoms. The van der Waals surface area contributed by atoms with Gasteiger partial charge in [-0.1, -0.05) is 42.5 Å². The molecule has 0 saturated carbocycles. The number of aryl methyl sites for hydroxylation is 1. The monoisotopic (exact) mass is 451 g/mol. The van der Waals surface area contributed by atoms with Crippen LogP contribution >= 0.6 is 0 Å². The number of carbonyl (C=O) groups excluding carboxylic acids is 2. The van der Waals surface area contributed by atoms with E-state index in [1.165, 1.54) is 0 Å². The zero-order valence-electron chi connectivity index (χ0n) is 18.0. The predicted octanol–water partition coefficient (Wildman–Crippen LogP) is 1.65. The second-order valence-corrected chi connectivity index (χ2v) is 8.45. The molecular weight excluding hydrogens is 426 g/mol. The molecule has 2 aromatic rings. The Morgan fingerprint density at radius 1 is 1.03 bits per heavy atom. The highest BCUT2D eigenvalue weighted by Crippen LogP contribution is 2.50. The van der Waals surface area contributed by atoms with E-state index in [4.69, 9.17) is 0 Å². The second-order valence-electron chi connectivity index (χ2n) is 8.45. The lowest BCUT2D eigenvalue weighted by atomic mass is 9.77. The summed E-state index contributed by atoms with van der Waals surface area (Å²) >= 11 is 0. The Balaban J connectivity index is 1.68. The van der Waals surface area contributed by atoms with Crippen molar-refractivity contribution in [1.82, 2.24) is 10.2 Å². The van der Waals surface area contributed by atoms with Gasteiger partial charge in [-0.15, -0.1) is 0 Å². The third kappa shape index (κ3) is 3.84. The number of likely N-dealkylation sites (tertiary alicyclic amines) is 1. The molecule has 0 radical (unpaired) electrons. The molecular formula is C24H25N3O6. The minimum atomic E-state index is -2.09. The Morgan fingerprint density at radius 3 is 2.33 bits per heavy atom. The van der Waals surface area contributed by atoms with Crippen molar-refractivity contribution < 1.29 is 29.4 Å². The number of imide groups is 1. The van der Waals surface area contributed by atoms with Crippen molar-refractivity contribution in [2.45, 2.75) is 24.9 Å². The Morgan fingerprint density at radius 2 is 1.70 bits per heavy atom. The normalized spacial score (nSPS) is 26.3. The number of hydrogen-bond donors (Lipinski definition) is 4. The van der Waals surface area contributed by atoms with Crippen LogP contribution in [0.1, 0.15) is 23.6 Å². The van der Waals surface area contributed by atoms with Gasteiger partial charge in [-0.3, -0.25) is 29.4 Å². The van der Waals surface area contributed by atoms with Gasteiger partial charge in [0.1, 0.15) is 5.54 Å². The van der Waals surface area contributed by atoms with Gasteiger partial charge in [-0.2, -0.15) is 0 Å². The van der Waals surface area contributed by atoms with E-state index in [9.17, 15) is 29.4 Å². The van der Waals surface area contributed by atoms with Crippen LogP contribution in [-0.2, 0) is 19.2 Å². The van der Waals surface area contributed by atoms with Crippen LogP contribution in [0.25, 0.3) is 0 Å². The average molecular weight is 451 g/mol. The molecule has 0 bridgehead atoms. The topological polar surface area (TPSA) is 136 Å². The van der Waals surface area contributed by atoms with E-state index < -0.39 is 53.6 Å². The quantitative estimate of drug-likeness (QED) is 0.445. The van der Waals surface area contributed by atoms with E-state index in [-0.39, 0.29) is 13.1 Å². The van der Waals surface area contributed by atoms with Crippen molar-refractivity contribution in [2.24, 2.45) is 11.8 Å². The van der Waals surface area contributed by atoms with Crippen molar-refractivity contribution in [1.29, 1.82) is 0 Å². The van der Waals surface area contributed by atoms with E-state index in [2.05, 4.69) is 10.6 Å². The number of nitrogens with one attached hydrogen (secondary N) is 2. The number of aliphatic carboxylic acids is 2. The van der Waals surface area contributed by atoms with Crippen molar-refractivity contribution in [2.75, 3.05) is 18.4 Å². The summed E-state index contributed by atoms with van der Waals surface area (Å²) in [5.74, 6) is -6.30. The summed E-state index contributed by atoms with van der Waals surface area (Å²) in [5, 5.41) is 25.6. The van der Waals surface area contributed by atoms with Crippen molar-refractivity contribution in [3.8, 4) is 0 Å².